The summed E-state index contributed by atoms with van der Waals surface area (Å²) in [6.45, 7) is 18.9. The van der Waals surface area contributed by atoms with Gasteiger partial charge >= 0.3 is 14.7 Å². The van der Waals surface area contributed by atoms with Crippen molar-refractivity contribution >= 4 is 23.0 Å². The van der Waals surface area contributed by atoms with E-state index in [0.717, 1.165) is 37.0 Å². The lowest BCUT2D eigenvalue weighted by Crippen LogP contribution is -2.45. The van der Waals surface area contributed by atoms with E-state index < -0.39 is 16.9 Å². The van der Waals surface area contributed by atoms with Gasteiger partial charge in [0.2, 0.25) is 0 Å². The molecule has 0 N–H and O–H groups in total. The minimum atomic E-state index is -2.19. The standard InChI is InChI=1S/C19H43NO4Si2/c1-9-18(7)23-25(8,22-11-3)17-15-16-20(10-2)19(21)24-26(12-4,13-5)14-6/h18H,9-17H2,1-8H3. The van der Waals surface area contributed by atoms with Gasteiger partial charge in [-0.25, -0.2) is 4.79 Å². The normalized spacial score (nSPS) is 15.4. The van der Waals surface area contributed by atoms with Crippen LogP contribution in [0, 0.1) is 0 Å². The Morgan fingerprint density at radius 1 is 1.04 bits per heavy atom. The summed E-state index contributed by atoms with van der Waals surface area (Å²) < 4.78 is 18.3. The highest BCUT2D eigenvalue weighted by molar-refractivity contribution is 6.74. The Balaban J connectivity index is 4.73. The summed E-state index contributed by atoms with van der Waals surface area (Å²) in [5, 5.41) is 0. The van der Waals surface area contributed by atoms with Crippen LogP contribution >= 0.6 is 0 Å². The zero-order chi connectivity index (χ0) is 20.2. The van der Waals surface area contributed by atoms with Gasteiger partial charge in [-0.1, -0.05) is 27.7 Å². The van der Waals surface area contributed by atoms with Crippen molar-refractivity contribution in [3.63, 3.8) is 0 Å². The van der Waals surface area contributed by atoms with Crippen LogP contribution in [-0.4, -0.2) is 53.7 Å². The molecule has 0 heterocycles. The number of carbonyl (C=O) groups is 1. The van der Waals surface area contributed by atoms with E-state index in [1.165, 1.54) is 0 Å². The Morgan fingerprint density at radius 3 is 2.04 bits per heavy atom. The van der Waals surface area contributed by atoms with Gasteiger partial charge in [-0.05, 0) is 64.3 Å². The summed E-state index contributed by atoms with van der Waals surface area (Å²) in [6, 6.07) is 3.86. The third-order valence-electron chi connectivity index (χ3n) is 5.41. The predicted molar refractivity (Wildman–Crippen MR) is 114 cm³/mol. The van der Waals surface area contributed by atoms with Crippen molar-refractivity contribution in [2.45, 2.75) is 98.1 Å². The van der Waals surface area contributed by atoms with E-state index in [9.17, 15) is 4.79 Å². The zero-order valence-electron chi connectivity index (χ0n) is 18.5. The van der Waals surface area contributed by atoms with E-state index in [-0.39, 0.29) is 12.2 Å². The minimum Gasteiger partial charge on any atom is -0.503 e. The van der Waals surface area contributed by atoms with Gasteiger partial charge in [0, 0.05) is 25.8 Å². The molecule has 0 aromatic rings. The highest BCUT2D eigenvalue weighted by Crippen LogP contribution is 2.23. The molecule has 156 valence electrons. The van der Waals surface area contributed by atoms with Crippen LogP contribution in [-0.2, 0) is 13.3 Å². The van der Waals surface area contributed by atoms with Crippen molar-refractivity contribution in [3.05, 3.63) is 0 Å². The first-order chi connectivity index (χ1) is 12.2. The van der Waals surface area contributed by atoms with Gasteiger partial charge in [0.1, 0.15) is 0 Å². The molecule has 5 nitrogen and oxygen atoms in total. The molecule has 0 bridgehead atoms. The molecule has 0 aliphatic rings. The van der Waals surface area contributed by atoms with Gasteiger partial charge in [0.25, 0.3) is 8.32 Å². The van der Waals surface area contributed by atoms with Crippen LogP contribution in [0.25, 0.3) is 0 Å². The van der Waals surface area contributed by atoms with Crippen molar-refractivity contribution < 1.29 is 18.1 Å². The fourth-order valence-corrected chi connectivity index (χ4v) is 8.36. The summed E-state index contributed by atoms with van der Waals surface area (Å²) >= 11 is 0. The maximum absolute atomic E-state index is 12.7. The maximum atomic E-state index is 12.7. The molecule has 2 unspecified atom stereocenters. The molecular weight excluding hydrogens is 362 g/mol. The van der Waals surface area contributed by atoms with Crippen LogP contribution < -0.4 is 0 Å². The topological polar surface area (TPSA) is 48.0 Å². The Bertz CT molecular complexity index is 385. The van der Waals surface area contributed by atoms with Crippen molar-refractivity contribution in [1.82, 2.24) is 4.90 Å². The summed E-state index contributed by atoms with van der Waals surface area (Å²) in [5.41, 5.74) is 0. The average molecular weight is 406 g/mol. The first kappa shape index (κ1) is 25.6. The molecule has 7 heteroatoms. The second-order valence-electron chi connectivity index (χ2n) is 7.20. The molecule has 2 atom stereocenters. The quantitative estimate of drug-likeness (QED) is 0.344. The Morgan fingerprint density at radius 2 is 1.62 bits per heavy atom. The SMILES string of the molecule is CCO[Si](C)(CCCN(CC)C(=O)O[Si](CC)(CC)CC)OC(C)CC. The molecular formula is C19H43NO4Si2. The zero-order valence-corrected chi connectivity index (χ0v) is 20.5. The third-order valence-corrected chi connectivity index (χ3v) is 12.9. The molecule has 0 rings (SSSR count). The van der Waals surface area contributed by atoms with Gasteiger partial charge in [-0.2, -0.15) is 0 Å². The number of nitrogens with zero attached hydrogens (tertiary/aromatic N) is 1. The van der Waals surface area contributed by atoms with Gasteiger partial charge in [-0.15, -0.1) is 0 Å². The van der Waals surface area contributed by atoms with E-state index >= 15 is 0 Å². The molecule has 1 amide bonds. The minimum absolute atomic E-state index is 0.132. The largest absolute Gasteiger partial charge is 0.503 e. The van der Waals surface area contributed by atoms with E-state index in [1.807, 2.05) is 18.7 Å². The number of rotatable bonds is 14. The van der Waals surface area contributed by atoms with Crippen LogP contribution in [0.3, 0.4) is 0 Å². The number of hydrogen-bond donors (Lipinski definition) is 0. The van der Waals surface area contributed by atoms with Gasteiger partial charge in [0.15, 0.2) is 0 Å². The smallest absolute Gasteiger partial charge is 0.396 e. The lowest BCUT2D eigenvalue weighted by molar-refractivity contribution is 0.125. The molecule has 0 aliphatic heterocycles. The maximum Gasteiger partial charge on any atom is 0.396 e. The first-order valence-electron chi connectivity index (χ1n) is 10.5. The number of carbonyl (C=O) groups excluding carboxylic acids is 1. The highest BCUT2D eigenvalue weighted by Gasteiger charge is 2.35. The Labute approximate surface area is 164 Å². The fraction of sp³-hybridized carbons (Fsp3) is 0.947. The van der Waals surface area contributed by atoms with Crippen LogP contribution in [0.15, 0.2) is 0 Å². The molecule has 0 aliphatic carbocycles. The first-order valence-corrected chi connectivity index (χ1v) is 15.6. The monoisotopic (exact) mass is 405 g/mol. The number of hydrogen-bond acceptors (Lipinski definition) is 4. The second-order valence-corrected chi connectivity index (χ2v) is 15.2. The Hall–Kier alpha value is -0.376. The van der Waals surface area contributed by atoms with Crippen molar-refractivity contribution in [1.29, 1.82) is 0 Å². The summed E-state index contributed by atoms with van der Waals surface area (Å²) in [5.74, 6) is 0. The van der Waals surface area contributed by atoms with E-state index in [4.69, 9.17) is 13.3 Å². The van der Waals surface area contributed by atoms with Crippen LogP contribution in [0.1, 0.15) is 61.3 Å². The summed E-state index contributed by atoms with van der Waals surface area (Å²) in [7, 11) is -4.09. The molecule has 0 aromatic heterocycles. The number of amides is 1. The lowest BCUT2D eigenvalue weighted by atomic mass is 10.3. The Kier molecular flexibility index (Phi) is 12.7. The predicted octanol–water partition coefficient (Wildman–Crippen LogP) is 5.76. The lowest BCUT2D eigenvalue weighted by Gasteiger charge is -2.32. The van der Waals surface area contributed by atoms with E-state index in [2.05, 4.69) is 41.2 Å². The van der Waals surface area contributed by atoms with E-state index in [0.29, 0.717) is 19.7 Å². The van der Waals surface area contributed by atoms with E-state index in [1.54, 1.807) is 0 Å². The van der Waals surface area contributed by atoms with Crippen LogP contribution in [0.4, 0.5) is 4.79 Å². The molecule has 0 radical (unpaired) electrons. The molecule has 26 heavy (non-hydrogen) atoms. The van der Waals surface area contributed by atoms with Crippen molar-refractivity contribution in [2.24, 2.45) is 0 Å². The molecule has 0 saturated carbocycles. The van der Waals surface area contributed by atoms with Crippen LogP contribution in [0.2, 0.25) is 30.7 Å². The fourth-order valence-electron chi connectivity index (χ4n) is 3.17. The third kappa shape index (κ3) is 8.54. The van der Waals surface area contributed by atoms with Crippen LogP contribution in [0.5, 0.6) is 0 Å². The van der Waals surface area contributed by atoms with Crippen molar-refractivity contribution in [2.75, 3.05) is 19.7 Å². The molecule has 0 aromatic carbocycles. The van der Waals surface area contributed by atoms with Gasteiger partial charge in [0.05, 0.1) is 0 Å². The molecule has 0 saturated heterocycles. The summed E-state index contributed by atoms with van der Waals surface area (Å²) in [4.78, 5) is 14.5. The molecule has 0 spiro atoms. The van der Waals surface area contributed by atoms with Gasteiger partial charge < -0.3 is 18.2 Å². The van der Waals surface area contributed by atoms with Gasteiger partial charge in [-0.3, -0.25) is 0 Å². The second kappa shape index (κ2) is 12.9. The van der Waals surface area contributed by atoms with Crippen molar-refractivity contribution in [3.8, 4) is 0 Å². The average Bonchev–Trinajstić information content (AvgIpc) is 2.63. The highest BCUT2D eigenvalue weighted by atomic mass is 28.4. The summed E-state index contributed by atoms with van der Waals surface area (Å²) in [6.07, 6.45) is 1.96. The molecule has 0 fully saturated rings.